The molecule has 0 amide bonds. The van der Waals surface area contributed by atoms with Crippen molar-refractivity contribution in [2.24, 2.45) is 11.7 Å². The first-order valence-electron chi connectivity index (χ1n) is 5.09. The highest BCUT2D eigenvalue weighted by atomic mass is 16.5. The molecule has 2 heteroatoms. The lowest BCUT2D eigenvalue weighted by atomic mass is 9.84. The normalized spacial score (nSPS) is 30.5. The largest absolute Gasteiger partial charge is 0.381 e. The van der Waals surface area contributed by atoms with Gasteiger partial charge in [0.15, 0.2) is 0 Å². The molecule has 0 spiro atoms. The molecule has 1 rings (SSSR count). The van der Waals surface area contributed by atoms with Crippen molar-refractivity contribution in [2.75, 3.05) is 13.7 Å². The van der Waals surface area contributed by atoms with E-state index in [1.165, 1.54) is 38.5 Å². The van der Waals surface area contributed by atoms with Crippen molar-refractivity contribution in [2.45, 2.75) is 44.6 Å². The van der Waals surface area contributed by atoms with Crippen LogP contribution in [0.1, 0.15) is 38.5 Å². The van der Waals surface area contributed by atoms with E-state index >= 15 is 0 Å². The Morgan fingerprint density at radius 3 is 2.42 bits per heavy atom. The van der Waals surface area contributed by atoms with Gasteiger partial charge < -0.3 is 10.5 Å². The minimum Gasteiger partial charge on any atom is -0.381 e. The molecule has 0 saturated heterocycles. The van der Waals surface area contributed by atoms with E-state index in [9.17, 15) is 0 Å². The molecule has 1 fully saturated rings. The Hall–Kier alpha value is -0.0800. The summed E-state index contributed by atoms with van der Waals surface area (Å²) in [6.45, 7) is 0.851. The second kappa shape index (κ2) is 5.55. The van der Waals surface area contributed by atoms with Crippen LogP contribution in [0.3, 0.4) is 0 Å². The molecule has 0 aliphatic heterocycles. The second-order valence-corrected chi connectivity index (χ2v) is 3.81. The van der Waals surface area contributed by atoms with E-state index in [-0.39, 0.29) is 0 Å². The number of ether oxygens (including phenoxy) is 1. The molecule has 0 unspecified atom stereocenters. The Balaban J connectivity index is 2.09. The van der Waals surface area contributed by atoms with Gasteiger partial charge in [0.1, 0.15) is 0 Å². The van der Waals surface area contributed by atoms with Crippen molar-refractivity contribution >= 4 is 0 Å². The molecule has 2 nitrogen and oxygen atoms in total. The van der Waals surface area contributed by atoms with Crippen molar-refractivity contribution < 1.29 is 4.74 Å². The van der Waals surface area contributed by atoms with Gasteiger partial charge in [0.25, 0.3) is 0 Å². The van der Waals surface area contributed by atoms with Crippen molar-refractivity contribution in [1.29, 1.82) is 0 Å². The molecule has 1 aliphatic rings. The third-order valence-corrected chi connectivity index (χ3v) is 2.94. The third-order valence-electron chi connectivity index (χ3n) is 2.94. The Kier molecular flexibility index (Phi) is 4.62. The molecule has 2 N–H and O–H groups in total. The molecule has 1 saturated carbocycles. The van der Waals surface area contributed by atoms with Crippen molar-refractivity contribution in [3.8, 4) is 0 Å². The van der Waals surface area contributed by atoms with E-state index in [1.54, 1.807) is 0 Å². The van der Waals surface area contributed by atoms with Crippen LogP contribution in [0.25, 0.3) is 0 Å². The van der Waals surface area contributed by atoms with Crippen molar-refractivity contribution in [3.63, 3.8) is 0 Å². The van der Waals surface area contributed by atoms with Crippen LogP contribution in [0.15, 0.2) is 0 Å². The number of hydrogen-bond donors (Lipinski definition) is 1. The zero-order valence-electron chi connectivity index (χ0n) is 8.09. The van der Waals surface area contributed by atoms with Gasteiger partial charge in [-0.05, 0) is 51.0 Å². The summed E-state index contributed by atoms with van der Waals surface area (Å²) in [6, 6.07) is 0. The van der Waals surface area contributed by atoms with Crippen molar-refractivity contribution in [1.82, 2.24) is 0 Å². The highest BCUT2D eigenvalue weighted by Crippen LogP contribution is 2.28. The standard InChI is InChI=1S/C10H21NO/c1-12-10-6-4-9(5-7-10)3-2-8-11/h9-10H,2-8,11H2,1H3. The monoisotopic (exact) mass is 171 g/mol. The highest BCUT2D eigenvalue weighted by Gasteiger charge is 2.19. The quantitative estimate of drug-likeness (QED) is 0.701. The van der Waals surface area contributed by atoms with E-state index in [0.29, 0.717) is 6.10 Å². The van der Waals surface area contributed by atoms with Gasteiger partial charge >= 0.3 is 0 Å². The molecule has 0 aromatic heterocycles. The number of rotatable bonds is 4. The molecule has 0 radical (unpaired) electrons. The summed E-state index contributed by atoms with van der Waals surface area (Å²) in [7, 11) is 1.82. The maximum absolute atomic E-state index is 5.47. The molecule has 12 heavy (non-hydrogen) atoms. The number of hydrogen-bond acceptors (Lipinski definition) is 2. The molecule has 0 atom stereocenters. The van der Waals surface area contributed by atoms with E-state index in [4.69, 9.17) is 10.5 Å². The molecule has 0 heterocycles. The summed E-state index contributed by atoms with van der Waals surface area (Å²) in [5, 5.41) is 0. The summed E-state index contributed by atoms with van der Waals surface area (Å²) in [4.78, 5) is 0. The first kappa shape index (κ1) is 10.0. The minimum atomic E-state index is 0.541. The van der Waals surface area contributed by atoms with Gasteiger partial charge in [-0.25, -0.2) is 0 Å². The highest BCUT2D eigenvalue weighted by molar-refractivity contribution is 4.72. The first-order valence-corrected chi connectivity index (χ1v) is 5.09. The molecular weight excluding hydrogens is 150 g/mol. The number of methoxy groups -OCH3 is 1. The summed E-state index contributed by atoms with van der Waals surface area (Å²) in [5.74, 6) is 0.931. The van der Waals surface area contributed by atoms with E-state index in [0.717, 1.165) is 12.5 Å². The minimum absolute atomic E-state index is 0.541. The Morgan fingerprint density at radius 1 is 1.25 bits per heavy atom. The Morgan fingerprint density at radius 2 is 1.92 bits per heavy atom. The smallest absolute Gasteiger partial charge is 0.0571 e. The summed E-state index contributed by atoms with van der Waals surface area (Å²) >= 11 is 0. The van der Waals surface area contributed by atoms with Gasteiger partial charge in [-0.3, -0.25) is 0 Å². The Bertz CT molecular complexity index is 108. The lowest BCUT2D eigenvalue weighted by Crippen LogP contribution is -2.20. The van der Waals surface area contributed by atoms with Gasteiger partial charge in [0.2, 0.25) is 0 Å². The molecule has 0 bridgehead atoms. The first-order chi connectivity index (χ1) is 5.86. The number of nitrogens with two attached hydrogens (primary N) is 1. The third kappa shape index (κ3) is 3.11. The molecule has 0 aromatic carbocycles. The van der Waals surface area contributed by atoms with Crippen LogP contribution >= 0.6 is 0 Å². The van der Waals surface area contributed by atoms with Gasteiger partial charge in [-0.15, -0.1) is 0 Å². The summed E-state index contributed by atoms with van der Waals surface area (Å²) in [5.41, 5.74) is 5.47. The summed E-state index contributed by atoms with van der Waals surface area (Å²) in [6.07, 6.45) is 8.27. The molecular formula is C10H21NO. The van der Waals surface area contributed by atoms with E-state index < -0.39 is 0 Å². The SMILES string of the molecule is COC1CCC(CCCN)CC1. The zero-order chi connectivity index (χ0) is 8.81. The predicted octanol–water partition coefficient (Wildman–Crippen LogP) is 1.93. The van der Waals surface area contributed by atoms with Crippen LogP contribution in [0.2, 0.25) is 0 Å². The topological polar surface area (TPSA) is 35.2 Å². The fourth-order valence-corrected chi connectivity index (χ4v) is 2.06. The maximum Gasteiger partial charge on any atom is 0.0571 e. The van der Waals surface area contributed by atoms with Crippen LogP contribution in [0.5, 0.6) is 0 Å². The predicted molar refractivity (Wildman–Crippen MR) is 51.0 cm³/mol. The lowest BCUT2D eigenvalue weighted by Gasteiger charge is -2.27. The van der Waals surface area contributed by atoms with Crippen LogP contribution in [0.4, 0.5) is 0 Å². The van der Waals surface area contributed by atoms with Crippen molar-refractivity contribution in [3.05, 3.63) is 0 Å². The maximum atomic E-state index is 5.47. The van der Waals surface area contributed by atoms with Gasteiger partial charge in [0, 0.05) is 7.11 Å². The molecule has 0 aromatic rings. The zero-order valence-corrected chi connectivity index (χ0v) is 8.09. The fourth-order valence-electron chi connectivity index (χ4n) is 2.06. The van der Waals surface area contributed by atoms with Crippen LogP contribution in [0, 0.1) is 5.92 Å². The average Bonchev–Trinajstić information content (AvgIpc) is 2.15. The van der Waals surface area contributed by atoms with E-state index in [2.05, 4.69) is 0 Å². The lowest BCUT2D eigenvalue weighted by molar-refractivity contribution is 0.0554. The average molecular weight is 171 g/mol. The van der Waals surface area contributed by atoms with Crippen LogP contribution < -0.4 is 5.73 Å². The van der Waals surface area contributed by atoms with Gasteiger partial charge in [-0.1, -0.05) is 0 Å². The van der Waals surface area contributed by atoms with Gasteiger partial charge in [0.05, 0.1) is 6.10 Å². The molecule has 1 aliphatic carbocycles. The fraction of sp³-hybridized carbons (Fsp3) is 1.00. The molecule has 72 valence electrons. The Labute approximate surface area is 75.5 Å². The van der Waals surface area contributed by atoms with E-state index in [1.807, 2.05) is 7.11 Å². The second-order valence-electron chi connectivity index (χ2n) is 3.81. The van der Waals surface area contributed by atoms with Crippen LogP contribution in [-0.4, -0.2) is 19.8 Å². The van der Waals surface area contributed by atoms with Crippen LogP contribution in [-0.2, 0) is 4.74 Å². The van der Waals surface area contributed by atoms with Gasteiger partial charge in [-0.2, -0.15) is 0 Å². The summed E-state index contributed by atoms with van der Waals surface area (Å²) < 4.78 is 5.32.